The molecule has 0 amide bonds. The summed E-state index contributed by atoms with van der Waals surface area (Å²) in [6, 6.07) is 0. The van der Waals surface area contributed by atoms with Crippen molar-refractivity contribution >= 4 is 5.97 Å². The molecule has 0 aliphatic heterocycles. The average molecular weight is 459 g/mol. The molecular formula is C29H46O4. The molecule has 2 fully saturated rings. The van der Waals surface area contributed by atoms with Crippen LogP contribution in [0.2, 0.25) is 0 Å². The quantitative estimate of drug-likeness (QED) is 0.342. The van der Waals surface area contributed by atoms with Gasteiger partial charge in [0.1, 0.15) is 0 Å². The molecule has 0 heterocycles. The Morgan fingerprint density at radius 2 is 1.73 bits per heavy atom. The van der Waals surface area contributed by atoms with Crippen LogP contribution in [0.25, 0.3) is 0 Å². The summed E-state index contributed by atoms with van der Waals surface area (Å²) >= 11 is 0. The predicted molar refractivity (Wildman–Crippen MR) is 132 cm³/mol. The van der Waals surface area contributed by atoms with Crippen LogP contribution in [0, 0.1) is 39.4 Å². The van der Waals surface area contributed by atoms with Crippen molar-refractivity contribution in [3.63, 3.8) is 0 Å². The molecule has 3 N–H and O–H groups in total. The lowest BCUT2D eigenvalue weighted by molar-refractivity contribution is -0.131. The molecule has 186 valence electrons. The minimum Gasteiger partial charge on any atom is -0.478 e. The Morgan fingerprint density at radius 1 is 1.03 bits per heavy atom. The van der Waals surface area contributed by atoms with Crippen molar-refractivity contribution in [2.75, 3.05) is 0 Å². The standard InChI is InChI=1S/C29H46O4/c1-18(22(30)8-7-9-25(32)33)19-12-16-29(6)21-10-11-23-26(2,3)24(31)14-15-27(23,4)20(21)13-17-28(19,29)5/h7,9,18-19,22-24,30-31H,8,10-17H2,1-6H3,(H,32,33)/b9-7+/t18-,19+,22?,23?,24-,27+,28+,29-/m0/s1. The number of carbonyl (C=O) groups is 1. The highest BCUT2D eigenvalue weighted by Gasteiger charge is 2.63. The van der Waals surface area contributed by atoms with Gasteiger partial charge in [0.25, 0.3) is 0 Å². The van der Waals surface area contributed by atoms with E-state index in [4.69, 9.17) is 5.11 Å². The minimum atomic E-state index is -0.954. The number of allylic oxidation sites excluding steroid dienone is 2. The van der Waals surface area contributed by atoms with E-state index in [0.717, 1.165) is 38.2 Å². The second-order valence-electron chi connectivity index (χ2n) is 13.1. The fraction of sp³-hybridized carbons (Fsp3) is 0.828. The lowest BCUT2D eigenvalue weighted by Crippen LogP contribution is -2.55. The van der Waals surface area contributed by atoms with Crippen molar-refractivity contribution in [2.45, 2.75) is 112 Å². The smallest absolute Gasteiger partial charge is 0.327 e. The number of aliphatic hydroxyl groups is 2. The third-order valence-electron chi connectivity index (χ3n) is 11.7. The minimum absolute atomic E-state index is 0.0342. The summed E-state index contributed by atoms with van der Waals surface area (Å²) in [6.45, 7) is 14.2. The molecule has 0 radical (unpaired) electrons. The van der Waals surface area contributed by atoms with E-state index in [1.165, 1.54) is 19.3 Å². The van der Waals surface area contributed by atoms with Crippen molar-refractivity contribution in [3.8, 4) is 0 Å². The number of fused-ring (bicyclic) bond motifs is 4. The Hall–Kier alpha value is -1.13. The number of carboxylic acids is 1. The van der Waals surface area contributed by atoms with Gasteiger partial charge in [0.15, 0.2) is 0 Å². The Morgan fingerprint density at radius 3 is 2.39 bits per heavy atom. The van der Waals surface area contributed by atoms with Gasteiger partial charge < -0.3 is 15.3 Å². The van der Waals surface area contributed by atoms with Crippen molar-refractivity contribution in [1.29, 1.82) is 0 Å². The van der Waals surface area contributed by atoms with Gasteiger partial charge in [0.2, 0.25) is 0 Å². The summed E-state index contributed by atoms with van der Waals surface area (Å²) in [6.07, 6.45) is 11.4. The molecular weight excluding hydrogens is 412 g/mol. The van der Waals surface area contributed by atoms with Crippen LogP contribution < -0.4 is 0 Å². The third-order valence-corrected chi connectivity index (χ3v) is 11.7. The predicted octanol–water partition coefficient (Wildman–Crippen LogP) is 6.12. The van der Waals surface area contributed by atoms with E-state index in [-0.39, 0.29) is 33.7 Å². The van der Waals surface area contributed by atoms with Crippen LogP contribution in [-0.4, -0.2) is 33.5 Å². The zero-order chi connectivity index (χ0) is 24.4. The summed E-state index contributed by atoms with van der Waals surface area (Å²) in [5.74, 6) is 0.178. The summed E-state index contributed by atoms with van der Waals surface area (Å²) in [5, 5.41) is 30.6. The van der Waals surface area contributed by atoms with Gasteiger partial charge in [0, 0.05) is 6.08 Å². The average Bonchev–Trinajstić information content (AvgIpc) is 3.02. The Kier molecular flexibility index (Phi) is 6.22. The first-order chi connectivity index (χ1) is 15.3. The second kappa shape index (κ2) is 8.22. The summed E-state index contributed by atoms with van der Waals surface area (Å²) in [7, 11) is 0. The van der Waals surface area contributed by atoms with Crippen molar-refractivity contribution < 1.29 is 20.1 Å². The number of aliphatic hydroxyl groups excluding tert-OH is 2. The van der Waals surface area contributed by atoms with Crippen LogP contribution in [-0.2, 0) is 4.79 Å². The zero-order valence-corrected chi connectivity index (χ0v) is 21.7. The van der Waals surface area contributed by atoms with E-state index in [9.17, 15) is 15.0 Å². The maximum Gasteiger partial charge on any atom is 0.327 e. The molecule has 4 heteroatoms. The Bertz CT molecular complexity index is 856. The number of carboxylic acid groups (broad SMARTS) is 1. The van der Waals surface area contributed by atoms with Gasteiger partial charge in [-0.05, 0) is 97.2 Å². The van der Waals surface area contributed by atoms with Crippen LogP contribution in [0.15, 0.2) is 23.3 Å². The monoisotopic (exact) mass is 458 g/mol. The van der Waals surface area contributed by atoms with E-state index in [1.807, 2.05) is 0 Å². The van der Waals surface area contributed by atoms with Crippen LogP contribution in [0.5, 0.6) is 0 Å². The molecule has 8 atom stereocenters. The number of hydrogen-bond donors (Lipinski definition) is 3. The van der Waals surface area contributed by atoms with Crippen molar-refractivity contribution in [1.82, 2.24) is 0 Å². The van der Waals surface area contributed by atoms with E-state index in [0.29, 0.717) is 18.3 Å². The summed E-state index contributed by atoms with van der Waals surface area (Å²) < 4.78 is 0. The molecule has 0 spiro atoms. The molecule has 4 aliphatic carbocycles. The van der Waals surface area contributed by atoms with Crippen molar-refractivity contribution in [3.05, 3.63) is 23.3 Å². The number of hydrogen-bond acceptors (Lipinski definition) is 3. The maximum absolute atomic E-state index is 10.9. The molecule has 2 unspecified atom stereocenters. The molecule has 0 aromatic heterocycles. The first-order valence-corrected chi connectivity index (χ1v) is 13.3. The van der Waals surface area contributed by atoms with Crippen LogP contribution in [0.4, 0.5) is 0 Å². The summed E-state index contributed by atoms with van der Waals surface area (Å²) in [4.78, 5) is 10.8. The van der Waals surface area contributed by atoms with Gasteiger partial charge in [-0.1, -0.05) is 58.8 Å². The SMILES string of the molecule is C[C@H](C(O)C/C=C/C(=O)O)[C@H]1CC[C@@]2(C)C3=C(CC[C@]12C)[C@@]1(C)CC[C@H](O)C(C)(C)C1CC3. The maximum atomic E-state index is 10.9. The fourth-order valence-corrected chi connectivity index (χ4v) is 9.35. The van der Waals surface area contributed by atoms with Gasteiger partial charge in [-0.3, -0.25) is 0 Å². The molecule has 0 bridgehead atoms. The molecule has 0 saturated heterocycles. The normalized spacial score (nSPS) is 44.2. The Balaban J connectivity index is 1.63. The largest absolute Gasteiger partial charge is 0.478 e. The highest BCUT2D eigenvalue weighted by Crippen LogP contribution is 2.72. The van der Waals surface area contributed by atoms with Crippen LogP contribution >= 0.6 is 0 Å². The highest BCUT2D eigenvalue weighted by molar-refractivity contribution is 5.79. The first-order valence-electron chi connectivity index (χ1n) is 13.3. The second-order valence-corrected chi connectivity index (χ2v) is 13.1. The molecule has 4 aliphatic rings. The van der Waals surface area contributed by atoms with Gasteiger partial charge >= 0.3 is 5.97 Å². The van der Waals surface area contributed by atoms with Gasteiger partial charge in [-0.2, -0.15) is 0 Å². The van der Waals surface area contributed by atoms with E-state index < -0.39 is 12.1 Å². The lowest BCUT2D eigenvalue weighted by Gasteiger charge is -2.62. The van der Waals surface area contributed by atoms with E-state index >= 15 is 0 Å². The van der Waals surface area contributed by atoms with Crippen LogP contribution in [0.3, 0.4) is 0 Å². The van der Waals surface area contributed by atoms with Gasteiger partial charge in [-0.25, -0.2) is 4.79 Å². The van der Waals surface area contributed by atoms with E-state index in [1.54, 1.807) is 17.2 Å². The first kappa shape index (κ1) is 25.0. The molecule has 0 aromatic carbocycles. The molecule has 0 aromatic rings. The summed E-state index contributed by atoms with van der Waals surface area (Å²) in [5.41, 5.74) is 3.94. The van der Waals surface area contributed by atoms with Crippen molar-refractivity contribution in [2.24, 2.45) is 39.4 Å². The molecule has 4 rings (SSSR count). The zero-order valence-electron chi connectivity index (χ0n) is 21.7. The highest BCUT2D eigenvalue weighted by atomic mass is 16.4. The number of rotatable bonds is 5. The number of aliphatic carboxylic acids is 1. The van der Waals surface area contributed by atoms with Gasteiger partial charge in [0.05, 0.1) is 12.2 Å². The molecule has 2 saturated carbocycles. The molecule has 33 heavy (non-hydrogen) atoms. The van der Waals surface area contributed by atoms with Crippen LogP contribution in [0.1, 0.15) is 99.3 Å². The Labute approximate surface area is 200 Å². The topological polar surface area (TPSA) is 77.8 Å². The lowest BCUT2D eigenvalue weighted by atomic mass is 9.43. The van der Waals surface area contributed by atoms with Gasteiger partial charge in [-0.15, -0.1) is 0 Å². The fourth-order valence-electron chi connectivity index (χ4n) is 9.35. The van der Waals surface area contributed by atoms with E-state index in [2.05, 4.69) is 41.5 Å². The molecule has 4 nitrogen and oxygen atoms in total. The third kappa shape index (κ3) is 3.57.